The Bertz CT molecular complexity index is 517. The molecule has 1 aromatic rings. The smallest absolute Gasteiger partial charge is 0.146 e. The van der Waals surface area contributed by atoms with Gasteiger partial charge in [0.15, 0.2) is 0 Å². The van der Waals surface area contributed by atoms with E-state index in [0.717, 1.165) is 21.9 Å². The van der Waals surface area contributed by atoms with E-state index in [-0.39, 0.29) is 0 Å². The molecular formula is C12H13ClN4. The number of hydrogen-bond donors (Lipinski definition) is 2. The standard InChI is InChI=1S/C12H13ClN4/c1-8-10(7-12(15-14)17-16-8)5-9-3-2-4-11(13)6-9/h2-6H,7,14H2,1H3,(H,15,17)/b10-5+. The van der Waals surface area contributed by atoms with Gasteiger partial charge in [-0.15, -0.1) is 0 Å². The topological polar surface area (TPSA) is 62.8 Å². The Labute approximate surface area is 105 Å². The van der Waals surface area contributed by atoms with Gasteiger partial charge in [0.25, 0.3) is 0 Å². The first-order valence-electron chi connectivity index (χ1n) is 5.22. The van der Waals surface area contributed by atoms with E-state index in [4.69, 9.17) is 17.4 Å². The summed E-state index contributed by atoms with van der Waals surface area (Å²) in [5.74, 6) is 5.89. The minimum atomic E-state index is 0.651. The van der Waals surface area contributed by atoms with Crippen molar-refractivity contribution in [1.29, 1.82) is 0 Å². The first-order valence-corrected chi connectivity index (χ1v) is 5.60. The highest BCUT2D eigenvalue weighted by Gasteiger charge is 2.12. The molecule has 5 heteroatoms. The summed E-state index contributed by atoms with van der Waals surface area (Å²) in [6, 6.07) is 7.66. The summed E-state index contributed by atoms with van der Waals surface area (Å²) < 4.78 is 0. The van der Waals surface area contributed by atoms with Gasteiger partial charge in [-0.1, -0.05) is 23.7 Å². The van der Waals surface area contributed by atoms with Gasteiger partial charge in [-0.05, 0) is 36.3 Å². The Kier molecular flexibility index (Phi) is 3.44. The van der Waals surface area contributed by atoms with E-state index in [1.54, 1.807) is 0 Å². The Morgan fingerprint density at radius 2 is 2.35 bits per heavy atom. The van der Waals surface area contributed by atoms with Crippen LogP contribution in [-0.4, -0.2) is 11.5 Å². The van der Waals surface area contributed by atoms with Crippen LogP contribution in [0.4, 0.5) is 0 Å². The van der Waals surface area contributed by atoms with Gasteiger partial charge in [0.05, 0.1) is 5.71 Å². The molecule has 0 fully saturated rings. The van der Waals surface area contributed by atoms with Crippen LogP contribution in [0.15, 0.2) is 40.0 Å². The lowest BCUT2D eigenvalue weighted by Crippen LogP contribution is -2.27. The lowest BCUT2D eigenvalue weighted by atomic mass is 10.0. The van der Waals surface area contributed by atoms with Crippen molar-refractivity contribution in [2.24, 2.45) is 16.0 Å². The number of rotatable bonds is 1. The predicted molar refractivity (Wildman–Crippen MR) is 71.9 cm³/mol. The van der Waals surface area contributed by atoms with E-state index in [1.165, 1.54) is 0 Å². The molecule has 0 saturated carbocycles. The van der Waals surface area contributed by atoms with Crippen molar-refractivity contribution in [3.8, 4) is 0 Å². The second kappa shape index (κ2) is 5.01. The molecule has 1 aromatic carbocycles. The van der Waals surface area contributed by atoms with E-state index in [9.17, 15) is 0 Å². The van der Waals surface area contributed by atoms with Crippen molar-refractivity contribution >= 4 is 29.2 Å². The predicted octanol–water partition coefficient (Wildman–Crippen LogP) is 2.36. The third-order valence-corrected chi connectivity index (χ3v) is 2.76. The van der Waals surface area contributed by atoms with Crippen molar-refractivity contribution in [3.05, 3.63) is 40.4 Å². The van der Waals surface area contributed by atoms with Gasteiger partial charge in [-0.2, -0.15) is 10.2 Å². The van der Waals surface area contributed by atoms with E-state index >= 15 is 0 Å². The Morgan fingerprint density at radius 3 is 3.06 bits per heavy atom. The molecule has 3 N–H and O–H groups in total. The summed E-state index contributed by atoms with van der Waals surface area (Å²) in [6.07, 6.45) is 2.69. The van der Waals surface area contributed by atoms with Gasteiger partial charge in [-0.25, -0.2) is 0 Å². The van der Waals surface area contributed by atoms with Gasteiger partial charge >= 0.3 is 0 Å². The number of halogens is 1. The SMILES string of the molecule is CC1=NN/C(=N\N)C/C1=C\c1cccc(Cl)c1. The fourth-order valence-corrected chi connectivity index (χ4v) is 1.79. The van der Waals surface area contributed by atoms with Crippen molar-refractivity contribution in [3.63, 3.8) is 0 Å². The van der Waals surface area contributed by atoms with Gasteiger partial charge in [-0.3, -0.25) is 5.43 Å². The normalized spacial score (nSPS) is 20.2. The molecule has 1 aliphatic rings. The van der Waals surface area contributed by atoms with Crippen molar-refractivity contribution in [2.75, 3.05) is 0 Å². The van der Waals surface area contributed by atoms with Crippen molar-refractivity contribution in [2.45, 2.75) is 13.3 Å². The number of nitrogens with one attached hydrogen (secondary N) is 1. The number of hydrogen-bond acceptors (Lipinski definition) is 3. The van der Waals surface area contributed by atoms with Crippen LogP contribution in [0.1, 0.15) is 18.9 Å². The first kappa shape index (κ1) is 11.7. The van der Waals surface area contributed by atoms with Crippen molar-refractivity contribution in [1.82, 2.24) is 5.43 Å². The summed E-state index contributed by atoms with van der Waals surface area (Å²) in [5, 5.41) is 8.48. The van der Waals surface area contributed by atoms with Crippen LogP contribution in [0, 0.1) is 0 Å². The zero-order valence-electron chi connectivity index (χ0n) is 9.44. The number of nitrogens with zero attached hydrogens (tertiary/aromatic N) is 2. The number of nitrogens with two attached hydrogens (primary N) is 1. The van der Waals surface area contributed by atoms with Crippen molar-refractivity contribution < 1.29 is 0 Å². The van der Waals surface area contributed by atoms with Crippen LogP contribution in [0.3, 0.4) is 0 Å². The molecule has 0 amide bonds. The maximum absolute atomic E-state index is 5.94. The van der Waals surface area contributed by atoms with E-state index in [2.05, 4.69) is 15.6 Å². The second-order valence-electron chi connectivity index (χ2n) is 3.79. The molecule has 1 heterocycles. The zero-order chi connectivity index (χ0) is 12.3. The van der Waals surface area contributed by atoms with Crippen LogP contribution >= 0.6 is 11.6 Å². The molecule has 0 spiro atoms. The number of benzene rings is 1. The maximum Gasteiger partial charge on any atom is 0.146 e. The molecule has 0 radical (unpaired) electrons. The summed E-state index contributed by atoms with van der Waals surface area (Å²) >= 11 is 5.94. The summed E-state index contributed by atoms with van der Waals surface area (Å²) in [5.41, 5.74) is 5.84. The van der Waals surface area contributed by atoms with E-state index in [0.29, 0.717) is 12.3 Å². The summed E-state index contributed by atoms with van der Waals surface area (Å²) in [4.78, 5) is 0. The second-order valence-corrected chi connectivity index (χ2v) is 4.22. The Morgan fingerprint density at radius 1 is 1.53 bits per heavy atom. The highest BCUT2D eigenvalue weighted by atomic mass is 35.5. The molecule has 4 nitrogen and oxygen atoms in total. The first-order chi connectivity index (χ1) is 8.19. The maximum atomic E-state index is 5.94. The van der Waals surface area contributed by atoms with Gasteiger partial charge in [0, 0.05) is 11.4 Å². The van der Waals surface area contributed by atoms with E-state index in [1.807, 2.05) is 37.3 Å². The van der Waals surface area contributed by atoms with Gasteiger partial charge in [0.2, 0.25) is 0 Å². The molecule has 17 heavy (non-hydrogen) atoms. The minimum absolute atomic E-state index is 0.651. The third kappa shape index (κ3) is 2.85. The highest BCUT2D eigenvalue weighted by Crippen LogP contribution is 2.17. The summed E-state index contributed by atoms with van der Waals surface area (Å²) in [7, 11) is 0. The average Bonchev–Trinajstić information content (AvgIpc) is 2.32. The molecule has 2 rings (SSSR count). The monoisotopic (exact) mass is 248 g/mol. The quantitative estimate of drug-likeness (QED) is 0.592. The molecule has 0 saturated heterocycles. The molecule has 88 valence electrons. The fourth-order valence-electron chi connectivity index (χ4n) is 1.60. The lowest BCUT2D eigenvalue weighted by Gasteiger charge is -2.15. The molecular weight excluding hydrogens is 236 g/mol. The van der Waals surface area contributed by atoms with Crippen LogP contribution in [-0.2, 0) is 0 Å². The fraction of sp³-hybridized carbons (Fsp3) is 0.167. The summed E-state index contributed by atoms with van der Waals surface area (Å²) in [6.45, 7) is 1.94. The molecule has 0 atom stereocenters. The number of amidine groups is 1. The zero-order valence-corrected chi connectivity index (χ0v) is 10.2. The van der Waals surface area contributed by atoms with Gasteiger partial charge in [0.1, 0.15) is 5.84 Å². The van der Waals surface area contributed by atoms with Crippen LogP contribution in [0.5, 0.6) is 0 Å². The molecule has 0 unspecified atom stereocenters. The average molecular weight is 249 g/mol. The van der Waals surface area contributed by atoms with E-state index < -0.39 is 0 Å². The molecule has 0 bridgehead atoms. The molecule has 0 aliphatic carbocycles. The highest BCUT2D eigenvalue weighted by molar-refractivity contribution is 6.30. The Hall–Kier alpha value is -1.81. The minimum Gasteiger partial charge on any atom is -0.322 e. The van der Waals surface area contributed by atoms with Crippen LogP contribution in [0.2, 0.25) is 5.02 Å². The number of hydrazone groups is 2. The Balaban J connectivity index is 2.33. The van der Waals surface area contributed by atoms with Crippen LogP contribution in [0.25, 0.3) is 6.08 Å². The van der Waals surface area contributed by atoms with Crippen LogP contribution < -0.4 is 11.3 Å². The lowest BCUT2D eigenvalue weighted by molar-refractivity contribution is 0.944. The molecule has 1 aliphatic heterocycles. The largest absolute Gasteiger partial charge is 0.322 e. The van der Waals surface area contributed by atoms with Gasteiger partial charge < -0.3 is 5.84 Å². The third-order valence-electron chi connectivity index (χ3n) is 2.52. The molecule has 0 aromatic heterocycles.